The van der Waals surface area contributed by atoms with Crippen molar-refractivity contribution in [2.45, 2.75) is 20.8 Å². The number of hydrogen-bond donors (Lipinski definition) is 2. The van der Waals surface area contributed by atoms with Crippen molar-refractivity contribution in [2.24, 2.45) is 5.92 Å². The van der Waals surface area contributed by atoms with Crippen LogP contribution in [0.1, 0.15) is 20.8 Å². The molecule has 1 fully saturated rings. The van der Waals surface area contributed by atoms with Gasteiger partial charge in [0.05, 0.1) is 24.6 Å². The first-order valence-corrected chi connectivity index (χ1v) is 7.74. The maximum atomic E-state index is 12.1. The molecule has 22 heavy (non-hydrogen) atoms. The molecule has 0 radical (unpaired) electrons. The van der Waals surface area contributed by atoms with Crippen LogP contribution in [0.25, 0.3) is 0 Å². The van der Waals surface area contributed by atoms with Gasteiger partial charge in [-0.15, -0.1) is 0 Å². The van der Waals surface area contributed by atoms with Crippen LogP contribution in [-0.4, -0.2) is 32.3 Å². The first-order chi connectivity index (χ1) is 10.6. The van der Waals surface area contributed by atoms with Gasteiger partial charge >= 0.3 is 6.03 Å². The second-order valence-electron chi connectivity index (χ2n) is 5.76. The monoisotopic (exact) mass is 303 g/mol. The molecule has 2 N–H and O–H groups in total. The van der Waals surface area contributed by atoms with Crippen LogP contribution in [0.2, 0.25) is 0 Å². The van der Waals surface area contributed by atoms with Gasteiger partial charge in [0.2, 0.25) is 0 Å². The molecule has 5 nitrogen and oxygen atoms in total. The highest BCUT2D eigenvalue weighted by Crippen LogP contribution is 2.26. The van der Waals surface area contributed by atoms with E-state index in [1.807, 2.05) is 31.2 Å². The number of urea groups is 1. The molecule has 1 heterocycles. The van der Waals surface area contributed by atoms with E-state index in [1.54, 1.807) is 6.20 Å². The average molecular weight is 303 g/mol. The fourth-order valence-corrected chi connectivity index (χ4v) is 2.16. The van der Waals surface area contributed by atoms with E-state index in [9.17, 15) is 4.79 Å². The molecule has 2 rings (SSSR count). The summed E-state index contributed by atoms with van der Waals surface area (Å²) in [4.78, 5) is 14.3. The zero-order valence-corrected chi connectivity index (χ0v) is 13.6. The van der Waals surface area contributed by atoms with Crippen LogP contribution in [-0.2, 0) is 4.74 Å². The van der Waals surface area contributed by atoms with E-state index in [0.29, 0.717) is 5.92 Å². The standard InChI is InChI=1S/C17H25N3O2/c1-13(2)14(3)12-18-17(21)19-15-6-4-5-7-16(15)20-8-10-22-11-9-20/h4-7,12-13H,8-11H2,1-3H3,(H2,18,19,21)/b14-12+. The van der Waals surface area contributed by atoms with E-state index in [4.69, 9.17) is 4.74 Å². The number of hydrogen-bond acceptors (Lipinski definition) is 3. The SMILES string of the molecule is C/C(=C\NC(=O)Nc1ccccc1N1CCOCC1)C(C)C. The summed E-state index contributed by atoms with van der Waals surface area (Å²) < 4.78 is 5.38. The van der Waals surface area contributed by atoms with Crippen LogP contribution >= 0.6 is 0 Å². The Labute approximate surface area is 132 Å². The summed E-state index contributed by atoms with van der Waals surface area (Å²) in [6.07, 6.45) is 1.76. The average Bonchev–Trinajstić information content (AvgIpc) is 2.54. The lowest BCUT2D eigenvalue weighted by atomic mass is 10.1. The van der Waals surface area contributed by atoms with Crippen LogP contribution in [0.5, 0.6) is 0 Å². The lowest BCUT2D eigenvalue weighted by Crippen LogP contribution is -2.37. The number of carbonyl (C=O) groups is 1. The molecule has 1 aliphatic rings. The number of ether oxygens (including phenoxy) is 1. The van der Waals surface area contributed by atoms with Crippen LogP contribution in [0.4, 0.5) is 16.2 Å². The van der Waals surface area contributed by atoms with Gasteiger partial charge in [0.15, 0.2) is 0 Å². The Kier molecular flexibility index (Phi) is 5.83. The number of amides is 2. The maximum Gasteiger partial charge on any atom is 0.323 e. The van der Waals surface area contributed by atoms with Crippen molar-refractivity contribution in [3.63, 3.8) is 0 Å². The number of carbonyl (C=O) groups excluding carboxylic acids is 1. The quantitative estimate of drug-likeness (QED) is 0.898. The zero-order chi connectivity index (χ0) is 15.9. The minimum Gasteiger partial charge on any atom is -0.378 e. The summed E-state index contributed by atoms with van der Waals surface area (Å²) in [5.74, 6) is 0.418. The summed E-state index contributed by atoms with van der Waals surface area (Å²) in [7, 11) is 0. The number of rotatable bonds is 4. The van der Waals surface area contributed by atoms with Crippen molar-refractivity contribution in [3.05, 3.63) is 36.0 Å². The lowest BCUT2D eigenvalue weighted by Gasteiger charge is -2.30. The van der Waals surface area contributed by atoms with Crippen LogP contribution in [0.15, 0.2) is 36.0 Å². The molecule has 0 aromatic heterocycles. The van der Waals surface area contributed by atoms with E-state index < -0.39 is 0 Å². The van der Waals surface area contributed by atoms with Gasteiger partial charge in [0, 0.05) is 19.3 Å². The lowest BCUT2D eigenvalue weighted by molar-refractivity contribution is 0.123. The number of para-hydroxylation sites is 2. The molecular weight excluding hydrogens is 278 g/mol. The minimum absolute atomic E-state index is 0.222. The Bertz CT molecular complexity index is 534. The molecule has 0 spiro atoms. The fourth-order valence-electron chi connectivity index (χ4n) is 2.16. The third-order valence-corrected chi connectivity index (χ3v) is 3.85. The molecule has 5 heteroatoms. The van der Waals surface area contributed by atoms with Gasteiger partial charge in [-0.05, 0) is 25.0 Å². The van der Waals surface area contributed by atoms with Gasteiger partial charge in [-0.3, -0.25) is 0 Å². The minimum atomic E-state index is -0.222. The molecule has 0 atom stereocenters. The molecule has 0 unspecified atom stereocenters. The van der Waals surface area contributed by atoms with Crippen molar-refractivity contribution < 1.29 is 9.53 Å². The molecular formula is C17H25N3O2. The van der Waals surface area contributed by atoms with Crippen molar-refractivity contribution in [3.8, 4) is 0 Å². The van der Waals surface area contributed by atoms with E-state index >= 15 is 0 Å². The number of allylic oxidation sites excluding steroid dienone is 1. The van der Waals surface area contributed by atoms with Gasteiger partial charge in [-0.1, -0.05) is 31.6 Å². The van der Waals surface area contributed by atoms with Crippen LogP contribution < -0.4 is 15.5 Å². The van der Waals surface area contributed by atoms with E-state index in [2.05, 4.69) is 29.4 Å². The van der Waals surface area contributed by atoms with Gasteiger partial charge < -0.3 is 20.3 Å². The number of nitrogens with zero attached hydrogens (tertiary/aromatic N) is 1. The molecule has 0 saturated carbocycles. The summed E-state index contributed by atoms with van der Waals surface area (Å²) >= 11 is 0. The fraction of sp³-hybridized carbons (Fsp3) is 0.471. The largest absolute Gasteiger partial charge is 0.378 e. The van der Waals surface area contributed by atoms with Crippen LogP contribution in [0, 0.1) is 5.92 Å². The van der Waals surface area contributed by atoms with Crippen molar-refractivity contribution >= 4 is 17.4 Å². The molecule has 1 aromatic carbocycles. The second-order valence-corrected chi connectivity index (χ2v) is 5.76. The van der Waals surface area contributed by atoms with E-state index in [0.717, 1.165) is 43.3 Å². The number of anilines is 2. The van der Waals surface area contributed by atoms with Gasteiger partial charge in [-0.2, -0.15) is 0 Å². The highest BCUT2D eigenvalue weighted by molar-refractivity contribution is 5.93. The first kappa shape index (κ1) is 16.4. The highest BCUT2D eigenvalue weighted by Gasteiger charge is 2.15. The Hall–Kier alpha value is -2.01. The van der Waals surface area contributed by atoms with Crippen LogP contribution in [0.3, 0.4) is 0 Å². The number of benzene rings is 1. The van der Waals surface area contributed by atoms with Crippen molar-refractivity contribution in [2.75, 3.05) is 36.5 Å². The zero-order valence-electron chi connectivity index (χ0n) is 13.6. The normalized spacial score (nSPS) is 15.8. The first-order valence-electron chi connectivity index (χ1n) is 7.74. The topological polar surface area (TPSA) is 53.6 Å². The summed E-state index contributed by atoms with van der Waals surface area (Å²) in [6.45, 7) is 9.32. The van der Waals surface area contributed by atoms with Gasteiger partial charge in [0.25, 0.3) is 0 Å². The Balaban J connectivity index is 2.03. The Morgan fingerprint density at radius 3 is 2.64 bits per heavy atom. The molecule has 1 saturated heterocycles. The summed E-state index contributed by atoms with van der Waals surface area (Å²) in [6, 6.07) is 7.63. The third kappa shape index (κ3) is 4.49. The maximum absolute atomic E-state index is 12.1. The molecule has 120 valence electrons. The Morgan fingerprint density at radius 1 is 1.27 bits per heavy atom. The van der Waals surface area contributed by atoms with E-state index in [1.165, 1.54) is 0 Å². The van der Waals surface area contributed by atoms with E-state index in [-0.39, 0.29) is 6.03 Å². The second kappa shape index (κ2) is 7.84. The van der Waals surface area contributed by atoms with Crippen molar-refractivity contribution in [1.29, 1.82) is 0 Å². The highest BCUT2D eigenvalue weighted by atomic mass is 16.5. The summed E-state index contributed by atoms with van der Waals surface area (Å²) in [5.41, 5.74) is 2.99. The molecule has 0 bridgehead atoms. The number of nitrogens with one attached hydrogen (secondary N) is 2. The number of morpholine rings is 1. The van der Waals surface area contributed by atoms with Gasteiger partial charge in [-0.25, -0.2) is 4.79 Å². The summed E-state index contributed by atoms with van der Waals surface area (Å²) in [5, 5.41) is 5.71. The molecule has 2 amide bonds. The predicted octanol–water partition coefficient (Wildman–Crippen LogP) is 3.20. The van der Waals surface area contributed by atoms with Gasteiger partial charge in [0.1, 0.15) is 0 Å². The molecule has 1 aliphatic heterocycles. The van der Waals surface area contributed by atoms with Crippen molar-refractivity contribution in [1.82, 2.24) is 5.32 Å². The Morgan fingerprint density at radius 2 is 1.95 bits per heavy atom. The smallest absolute Gasteiger partial charge is 0.323 e. The molecule has 1 aromatic rings. The predicted molar refractivity (Wildman–Crippen MR) is 90.2 cm³/mol. The molecule has 0 aliphatic carbocycles. The third-order valence-electron chi connectivity index (χ3n) is 3.85.